The molecule has 4 heteroatoms. The summed E-state index contributed by atoms with van der Waals surface area (Å²) in [5.74, 6) is 1.12. The molecule has 0 radical (unpaired) electrons. The summed E-state index contributed by atoms with van der Waals surface area (Å²) in [5.41, 5.74) is 4.26. The molecular weight excluding hydrogens is 307 g/mol. The van der Waals surface area contributed by atoms with Crippen LogP contribution in [0.5, 0.6) is 11.5 Å². The summed E-state index contributed by atoms with van der Waals surface area (Å²) in [4.78, 5) is 0. The Bertz CT molecular complexity index is 653. The van der Waals surface area contributed by atoms with Crippen molar-refractivity contribution in [2.45, 2.75) is 19.2 Å². The molecule has 0 spiro atoms. The zero-order valence-corrected chi connectivity index (χ0v) is 14.0. The van der Waals surface area contributed by atoms with Gasteiger partial charge in [-0.15, -0.1) is 11.6 Å². The zero-order valence-electron chi connectivity index (χ0n) is 12.5. The van der Waals surface area contributed by atoms with E-state index in [4.69, 9.17) is 32.7 Å². The third kappa shape index (κ3) is 2.97. The Labute approximate surface area is 135 Å². The second kappa shape index (κ2) is 6.59. The van der Waals surface area contributed by atoms with Crippen molar-refractivity contribution in [3.63, 3.8) is 0 Å². The molecule has 2 rings (SSSR count). The molecule has 2 aromatic carbocycles. The van der Waals surface area contributed by atoms with Gasteiger partial charge in [-0.1, -0.05) is 29.8 Å². The fourth-order valence-electron chi connectivity index (χ4n) is 2.33. The quantitative estimate of drug-likeness (QED) is 0.710. The smallest absolute Gasteiger partial charge is 0.146 e. The van der Waals surface area contributed by atoms with E-state index in [-0.39, 0.29) is 5.38 Å². The number of aryl methyl sites for hydroxylation is 1. The van der Waals surface area contributed by atoms with Crippen LogP contribution in [-0.4, -0.2) is 14.2 Å². The lowest BCUT2D eigenvalue weighted by atomic mass is 9.96. The molecule has 0 N–H and O–H groups in total. The van der Waals surface area contributed by atoms with Gasteiger partial charge < -0.3 is 9.47 Å². The normalized spacial score (nSPS) is 12.1. The van der Waals surface area contributed by atoms with E-state index >= 15 is 0 Å². The van der Waals surface area contributed by atoms with Crippen LogP contribution in [-0.2, 0) is 0 Å². The monoisotopic (exact) mass is 324 g/mol. The van der Waals surface area contributed by atoms with Crippen molar-refractivity contribution in [3.05, 3.63) is 57.6 Å². The number of benzene rings is 2. The van der Waals surface area contributed by atoms with Crippen LogP contribution in [0.3, 0.4) is 0 Å². The minimum absolute atomic E-state index is 0.330. The van der Waals surface area contributed by atoms with Crippen LogP contribution in [0.2, 0.25) is 5.02 Å². The van der Waals surface area contributed by atoms with Gasteiger partial charge >= 0.3 is 0 Å². The van der Waals surface area contributed by atoms with Gasteiger partial charge in [0.15, 0.2) is 0 Å². The van der Waals surface area contributed by atoms with Gasteiger partial charge in [-0.25, -0.2) is 0 Å². The van der Waals surface area contributed by atoms with Gasteiger partial charge in [-0.2, -0.15) is 0 Å². The van der Waals surface area contributed by atoms with Crippen LogP contribution >= 0.6 is 23.2 Å². The number of halogens is 2. The van der Waals surface area contributed by atoms with Gasteiger partial charge in [0.05, 0.1) is 19.6 Å². The van der Waals surface area contributed by atoms with Crippen LogP contribution in [0, 0.1) is 13.8 Å². The second-order valence-corrected chi connectivity index (χ2v) is 5.67. The van der Waals surface area contributed by atoms with Crippen molar-refractivity contribution in [3.8, 4) is 11.5 Å². The first-order valence-corrected chi connectivity index (χ1v) is 7.43. The Kier molecular flexibility index (Phi) is 5.02. The highest BCUT2D eigenvalue weighted by molar-refractivity contribution is 6.34. The molecule has 0 aliphatic rings. The van der Waals surface area contributed by atoms with Gasteiger partial charge in [-0.3, -0.25) is 0 Å². The van der Waals surface area contributed by atoms with E-state index < -0.39 is 0 Å². The lowest BCUT2D eigenvalue weighted by molar-refractivity contribution is 0.392. The molecule has 0 saturated carbocycles. The predicted molar refractivity (Wildman–Crippen MR) is 88.2 cm³/mol. The topological polar surface area (TPSA) is 18.5 Å². The van der Waals surface area contributed by atoms with Crippen LogP contribution in [0.25, 0.3) is 0 Å². The highest BCUT2D eigenvalue weighted by atomic mass is 35.5. The number of ether oxygens (including phenoxy) is 2. The summed E-state index contributed by atoms with van der Waals surface area (Å²) in [6.45, 7) is 4.14. The van der Waals surface area contributed by atoms with E-state index in [2.05, 4.69) is 19.9 Å². The molecule has 1 unspecified atom stereocenters. The third-order valence-corrected chi connectivity index (χ3v) is 4.54. The maximum absolute atomic E-state index is 6.68. The molecular formula is C17H18Cl2O2. The number of alkyl halides is 1. The summed E-state index contributed by atoms with van der Waals surface area (Å²) in [6.07, 6.45) is 0. The van der Waals surface area contributed by atoms with Crippen molar-refractivity contribution in [1.82, 2.24) is 0 Å². The first kappa shape index (κ1) is 16.0. The Balaban J connectivity index is 2.56. The lowest BCUT2D eigenvalue weighted by Crippen LogP contribution is -2.02. The van der Waals surface area contributed by atoms with Crippen LogP contribution in [0.1, 0.15) is 27.6 Å². The Morgan fingerprint density at radius 2 is 1.67 bits per heavy atom. The first-order valence-electron chi connectivity index (χ1n) is 6.61. The molecule has 0 aliphatic carbocycles. The van der Waals surface area contributed by atoms with Crippen LogP contribution in [0.15, 0.2) is 30.3 Å². The van der Waals surface area contributed by atoms with Gasteiger partial charge in [0.2, 0.25) is 0 Å². The Morgan fingerprint density at radius 3 is 2.29 bits per heavy atom. The van der Waals surface area contributed by atoms with Crippen molar-refractivity contribution in [2.24, 2.45) is 0 Å². The van der Waals surface area contributed by atoms with Gasteiger partial charge in [0, 0.05) is 5.56 Å². The SMILES string of the molecule is COc1ccc(C(Cl)c2cccc(C)c2C)c(OC)c1Cl. The average molecular weight is 325 g/mol. The minimum atomic E-state index is -0.330. The molecule has 1 atom stereocenters. The average Bonchev–Trinajstić information content (AvgIpc) is 2.49. The molecule has 0 bridgehead atoms. The van der Waals surface area contributed by atoms with E-state index in [0.29, 0.717) is 16.5 Å². The molecule has 0 aliphatic heterocycles. The van der Waals surface area contributed by atoms with Crippen molar-refractivity contribution < 1.29 is 9.47 Å². The van der Waals surface area contributed by atoms with E-state index in [1.807, 2.05) is 18.2 Å². The summed E-state index contributed by atoms with van der Waals surface area (Å²) < 4.78 is 10.7. The van der Waals surface area contributed by atoms with Gasteiger partial charge in [0.25, 0.3) is 0 Å². The summed E-state index contributed by atoms with van der Waals surface area (Å²) >= 11 is 13.0. The Hall–Kier alpha value is -1.38. The van der Waals surface area contributed by atoms with Crippen LogP contribution in [0.4, 0.5) is 0 Å². The standard InChI is InChI=1S/C17H18Cl2O2/c1-10-6-5-7-12(11(10)2)15(18)13-8-9-14(20-3)16(19)17(13)21-4/h5-9,15H,1-4H3. The van der Waals surface area contributed by atoms with E-state index in [9.17, 15) is 0 Å². The fraction of sp³-hybridized carbons (Fsp3) is 0.294. The van der Waals surface area contributed by atoms with Crippen molar-refractivity contribution in [2.75, 3.05) is 14.2 Å². The summed E-state index contributed by atoms with van der Waals surface area (Å²) in [6, 6.07) is 9.80. The molecule has 0 heterocycles. The number of rotatable bonds is 4. The van der Waals surface area contributed by atoms with Gasteiger partial charge in [-0.05, 0) is 42.7 Å². The maximum atomic E-state index is 6.68. The number of hydrogen-bond acceptors (Lipinski definition) is 2. The van der Waals surface area contributed by atoms with Crippen molar-refractivity contribution >= 4 is 23.2 Å². The first-order chi connectivity index (χ1) is 10.0. The molecule has 0 fully saturated rings. The second-order valence-electron chi connectivity index (χ2n) is 4.86. The Morgan fingerprint density at radius 1 is 0.952 bits per heavy atom. The van der Waals surface area contributed by atoms with Crippen LogP contribution < -0.4 is 9.47 Å². The minimum Gasteiger partial charge on any atom is -0.495 e. The highest BCUT2D eigenvalue weighted by Crippen LogP contribution is 2.44. The van der Waals surface area contributed by atoms with E-state index in [1.54, 1.807) is 20.3 Å². The maximum Gasteiger partial charge on any atom is 0.146 e. The third-order valence-electron chi connectivity index (χ3n) is 3.71. The highest BCUT2D eigenvalue weighted by Gasteiger charge is 2.21. The summed E-state index contributed by atoms with van der Waals surface area (Å²) in [7, 11) is 3.15. The van der Waals surface area contributed by atoms with Crippen molar-refractivity contribution in [1.29, 1.82) is 0 Å². The molecule has 112 valence electrons. The number of hydrogen-bond donors (Lipinski definition) is 0. The molecule has 21 heavy (non-hydrogen) atoms. The molecule has 2 nitrogen and oxygen atoms in total. The predicted octanol–water partition coefficient (Wildman–Crippen LogP) is 5.30. The van der Waals surface area contributed by atoms with E-state index in [1.165, 1.54) is 11.1 Å². The molecule has 0 amide bonds. The molecule has 2 aromatic rings. The fourth-order valence-corrected chi connectivity index (χ4v) is 3.07. The molecule has 0 aromatic heterocycles. The van der Waals surface area contributed by atoms with E-state index in [0.717, 1.165) is 11.1 Å². The molecule has 0 saturated heterocycles. The number of methoxy groups -OCH3 is 2. The van der Waals surface area contributed by atoms with Gasteiger partial charge in [0.1, 0.15) is 16.5 Å². The zero-order chi connectivity index (χ0) is 15.6. The lowest BCUT2D eigenvalue weighted by Gasteiger charge is -2.19. The largest absolute Gasteiger partial charge is 0.495 e. The summed E-state index contributed by atoms with van der Waals surface area (Å²) in [5, 5.41) is 0.108.